The van der Waals surface area contributed by atoms with Crippen molar-refractivity contribution in [2.45, 2.75) is 0 Å². The largest absolute Gasteiger partial charge is 0.478 e. The number of hydrogen-bond acceptors (Lipinski definition) is 2. The van der Waals surface area contributed by atoms with E-state index in [9.17, 15) is 4.79 Å². The highest BCUT2D eigenvalue weighted by Crippen LogP contribution is 2.24. The van der Waals surface area contributed by atoms with Gasteiger partial charge in [-0.1, -0.05) is 6.07 Å². The molecule has 0 atom stereocenters. The van der Waals surface area contributed by atoms with Crippen molar-refractivity contribution in [2.24, 2.45) is 27.2 Å². The second-order valence-corrected chi connectivity index (χ2v) is 4.03. The van der Waals surface area contributed by atoms with Gasteiger partial charge >= 0.3 is 5.97 Å². The molecule has 0 bridgehead atoms. The van der Waals surface area contributed by atoms with Crippen molar-refractivity contribution in [1.82, 2.24) is 0 Å². The number of carbonyl (C=O) groups is 1. The molecule has 0 aliphatic carbocycles. The molecule has 90 valence electrons. The van der Waals surface area contributed by atoms with Gasteiger partial charge in [-0.3, -0.25) is 0 Å². The molecule has 8 heteroatoms. The number of aromatic carboxylic acids is 1. The van der Waals surface area contributed by atoms with Crippen LogP contribution in [0, 0.1) is 3.57 Å². The molecular formula is C9H10IN5O2. The first-order valence-electron chi connectivity index (χ1n) is 4.37. The minimum atomic E-state index is -1.04. The molecule has 0 saturated carbocycles. The summed E-state index contributed by atoms with van der Waals surface area (Å²) in [5, 5.41) is 8.92. The molecule has 0 unspecified atom stereocenters. The lowest BCUT2D eigenvalue weighted by molar-refractivity contribution is 0.0696. The highest BCUT2D eigenvalue weighted by molar-refractivity contribution is 14.1. The van der Waals surface area contributed by atoms with Crippen molar-refractivity contribution >= 4 is 46.2 Å². The zero-order valence-electron chi connectivity index (χ0n) is 8.59. The molecule has 1 rings (SSSR count). The van der Waals surface area contributed by atoms with Gasteiger partial charge in [-0.05, 0) is 34.7 Å². The fraction of sp³-hybridized carbons (Fsp3) is 0. The summed E-state index contributed by atoms with van der Waals surface area (Å²) in [4.78, 5) is 18.3. The summed E-state index contributed by atoms with van der Waals surface area (Å²) >= 11 is 1.87. The first-order chi connectivity index (χ1) is 7.91. The van der Waals surface area contributed by atoms with E-state index in [1.54, 1.807) is 12.1 Å². The minimum Gasteiger partial charge on any atom is -0.478 e. The lowest BCUT2D eigenvalue weighted by atomic mass is 10.2. The first kappa shape index (κ1) is 13.2. The van der Waals surface area contributed by atoms with Crippen LogP contribution in [0.25, 0.3) is 0 Å². The van der Waals surface area contributed by atoms with Crippen molar-refractivity contribution in [1.29, 1.82) is 0 Å². The lowest BCUT2D eigenvalue weighted by Crippen LogP contribution is -2.26. The van der Waals surface area contributed by atoms with Crippen molar-refractivity contribution in [3.05, 3.63) is 27.3 Å². The Bertz CT molecular complexity index is 508. The average Bonchev–Trinajstić information content (AvgIpc) is 2.19. The van der Waals surface area contributed by atoms with E-state index in [0.717, 1.165) is 0 Å². The van der Waals surface area contributed by atoms with Gasteiger partial charge < -0.3 is 22.3 Å². The van der Waals surface area contributed by atoms with Gasteiger partial charge in [0.2, 0.25) is 5.96 Å². The topological polar surface area (TPSA) is 140 Å². The van der Waals surface area contributed by atoms with Crippen LogP contribution in [-0.2, 0) is 0 Å². The highest BCUT2D eigenvalue weighted by atomic mass is 127. The van der Waals surface area contributed by atoms with Crippen LogP contribution >= 0.6 is 22.6 Å². The number of benzene rings is 1. The van der Waals surface area contributed by atoms with E-state index < -0.39 is 5.97 Å². The Morgan fingerprint density at radius 1 is 1.29 bits per heavy atom. The van der Waals surface area contributed by atoms with Crippen LogP contribution in [0.15, 0.2) is 28.2 Å². The third-order valence-corrected chi connectivity index (χ3v) is 2.82. The molecule has 1 aromatic carbocycles. The quantitative estimate of drug-likeness (QED) is 0.344. The first-order valence-corrected chi connectivity index (χ1v) is 5.45. The molecule has 0 aromatic heterocycles. The van der Waals surface area contributed by atoms with E-state index in [4.69, 9.17) is 22.3 Å². The number of guanidine groups is 2. The Morgan fingerprint density at radius 3 is 2.47 bits per heavy atom. The maximum atomic E-state index is 10.9. The number of halogens is 1. The minimum absolute atomic E-state index is 0.134. The summed E-state index contributed by atoms with van der Waals surface area (Å²) in [5.74, 6) is -1.38. The fourth-order valence-electron chi connectivity index (χ4n) is 1.05. The molecule has 0 spiro atoms. The molecule has 0 aliphatic rings. The number of carboxylic acids is 1. The van der Waals surface area contributed by atoms with E-state index in [2.05, 4.69) is 9.98 Å². The molecule has 7 nitrogen and oxygen atoms in total. The maximum absolute atomic E-state index is 10.9. The van der Waals surface area contributed by atoms with Gasteiger partial charge in [0.1, 0.15) is 0 Å². The van der Waals surface area contributed by atoms with Gasteiger partial charge in [-0.25, -0.2) is 9.79 Å². The molecule has 0 amide bonds. The smallest absolute Gasteiger partial charge is 0.336 e. The zero-order valence-corrected chi connectivity index (χ0v) is 10.7. The molecule has 7 N–H and O–H groups in total. The molecule has 0 heterocycles. The SMILES string of the molecule is NC(N)=NC(N)=Nc1cccc(C(=O)O)c1I. The molecule has 0 fully saturated rings. The zero-order chi connectivity index (χ0) is 13.0. The number of carboxylic acid groups (broad SMARTS) is 1. The monoisotopic (exact) mass is 347 g/mol. The predicted molar refractivity (Wildman–Crippen MR) is 73.2 cm³/mol. The standard InChI is InChI=1S/C9H10IN5O2/c10-6-4(7(16)17)2-1-3-5(6)14-9(13)15-8(11)12/h1-3H,(H,16,17)(H6,11,12,13,14,15). The second kappa shape index (κ2) is 5.48. The van der Waals surface area contributed by atoms with Gasteiger partial charge in [0, 0.05) is 0 Å². The van der Waals surface area contributed by atoms with Gasteiger partial charge in [-0.15, -0.1) is 0 Å². The lowest BCUT2D eigenvalue weighted by Gasteiger charge is -2.02. The maximum Gasteiger partial charge on any atom is 0.336 e. The molecular weight excluding hydrogens is 337 g/mol. The van der Waals surface area contributed by atoms with Gasteiger partial charge in [0.05, 0.1) is 14.8 Å². The van der Waals surface area contributed by atoms with Crippen LogP contribution in [0.1, 0.15) is 10.4 Å². The highest BCUT2D eigenvalue weighted by Gasteiger charge is 2.11. The summed E-state index contributed by atoms with van der Waals surface area (Å²) < 4.78 is 0.464. The summed E-state index contributed by atoms with van der Waals surface area (Å²) in [7, 11) is 0. The summed E-state index contributed by atoms with van der Waals surface area (Å²) in [6, 6.07) is 4.65. The predicted octanol–water partition coefficient (Wildman–Crippen LogP) is 0.209. The molecule has 0 saturated heterocycles. The van der Waals surface area contributed by atoms with Crippen LogP contribution in [-0.4, -0.2) is 23.0 Å². The van der Waals surface area contributed by atoms with Gasteiger partial charge in [0.15, 0.2) is 5.96 Å². The summed E-state index contributed by atoms with van der Waals surface area (Å²) in [6.45, 7) is 0. The van der Waals surface area contributed by atoms with Crippen LogP contribution in [0.5, 0.6) is 0 Å². The Morgan fingerprint density at radius 2 is 1.94 bits per heavy atom. The average molecular weight is 347 g/mol. The number of rotatable bonds is 2. The van der Waals surface area contributed by atoms with E-state index in [1.807, 2.05) is 22.6 Å². The third kappa shape index (κ3) is 3.59. The number of hydrogen-bond donors (Lipinski definition) is 4. The van der Waals surface area contributed by atoms with Crippen LogP contribution in [0.3, 0.4) is 0 Å². The van der Waals surface area contributed by atoms with Crippen molar-refractivity contribution in [3.8, 4) is 0 Å². The second-order valence-electron chi connectivity index (χ2n) is 2.95. The summed E-state index contributed by atoms with van der Waals surface area (Å²) in [5.41, 5.74) is 16.3. The normalized spacial score (nSPS) is 11.0. The fourth-order valence-corrected chi connectivity index (χ4v) is 1.76. The number of aliphatic imine (C=N–C) groups is 2. The Labute approximate surface area is 111 Å². The molecule has 0 aliphatic heterocycles. The van der Waals surface area contributed by atoms with Crippen LogP contribution in [0.4, 0.5) is 5.69 Å². The molecule has 1 aromatic rings. The van der Waals surface area contributed by atoms with Crippen molar-refractivity contribution < 1.29 is 9.90 Å². The number of nitrogens with zero attached hydrogens (tertiary/aromatic N) is 2. The van der Waals surface area contributed by atoms with Crippen molar-refractivity contribution in [3.63, 3.8) is 0 Å². The summed E-state index contributed by atoms with van der Waals surface area (Å²) in [6.07, 6.45) is 0. The Balaban J connectivity index is 3.21. The number of nitrogens with two attached hydrogens (primary N) is 3. The van der Waals surface area contributed by atoms with Crippen LogP contribution < -0.4 is 17.2 Å². The van der Waals surface area contributed by atoms with E-state index in [0.29, 0.717) is 9.26 Å². The van der Waals surface area contributed by atoms with E-state index in [1.165, 1.54) is 6.07 Å². The Kier molecular flexibility index (Phi) is 4.26. The van der Waals surface area contributed by atoms with E-state index >= 15 is 0 Å². The van der Waals surface area contributed by atoms with Crippen molar-refractivity contribution in [2.75, 3.05) is 0 Å². The van der Waals surface area contributed by atoms with Gasteiger partial charge in [-0.2, -0.15) is 4.99 Å². The Hall–Kier alpha value is -1.84. The van der Waals surface area contributed by atoms with Crippen LogP contribution in [0.2, 0.25) is 0 Å². The van der Waals surface area contributed by atoms with E-state index in [-0.39, 0.29) is 17.5 Å². The molecule has 0 radical (unpaired) electrons. The third-order valence-electron chi connectivity index (χ3n) is 1.69. The van der Waals surface area contributed by atoms with Gasteiger partial charge in [0.25, 0.3) is 0 Å². The molecule has 17 heavy (non-hydrogen) atoms.